The fourth-order valence-corrected chi connectivity index (χ4v) is 2.16. The molecule has 0 heterocycles. The Labute approximate surface area is 101 Å². The lowest BCUT2D eigenvalue weighted by Crippen LogP contribution is -2.35. The van der Waals surface area contributed by atoms with Gasteiger partial charge in [-0.3, -0.25) is 0 Å². The molecule has 0 aromatic heterocycles. The van der Waals surface area contributed by atoms with Crippen molar-refractivity contribution in [2.24, 2.45) is 11.3 Å². The van der Waals surface area contributed by atoms with Gasteiger partial charge in [-0.05, 0) is 19.4 Å². The molecule has 0 spiro atoms. The van der Waals surface area contributed by atoms with Gasteiger partial charge in [0.05, 0.1) is 0 Å². The molecule has 2 heteroatoms. The first kappa shape index (κ1) is 15.6. The highest BCUT2D eigenvalue weighted by atomic mass is 16.1. The van der Waals surface area contributed by atoms with Crippen LogP contribution in [0.25, 0.3) is 0 Å². The normalized spacial score (nSPS) is 14.1. The fraction of sp³-hybridized carbons (Fsp3) is 0.929. The molecular weight excluding hydrogens is 198 g/mol. The molecule has 0 aliphatic carbocycles. The molecule has 0 amide bonds. The average Bonchev–Trinajstić information content (AvgIpc) is 2.23. The second-order valence-corrected chi connectivity index (χ2v) is 5.72. The number of nitrogens with zero attached hydrogens (tertiary/aromatic N) is 1. The molecular formula is C14H29NO. The maximum absolute atomic E-state index is 10.9. The van der Waals surface area contributed by atoms with E-state index in [2.05, 4.69) is 25.8 Å². The molecule has 0 bridgehead atoms. The van der Waals surface area contributed by atoms with Crippen molar-refractivity contribution in [3.8, 4) is 0 Å². The van der Waals surface area contributed by atoms with Gasteiger partial charge >= 0.3 is 0 Å². The maximum Gasteiger partial charge on any atom is 0.126 e. The lowest BCUT2D eigenvalue weighted by Gasteiger charge is -2.28. The number of hydrogen-bond donors (Lipinski definition) is 0. The van der Waals surface area contributed by atoms with E-state index in [0.717, 1.165) is 25.3 Å². The molecule has 0 N–H and O–H groups in total. The molecule has 1 unspecified atom stereocenters. The van der Waals surface area contributed by atoms with Crippen LogP contribution in [0.1, 0.15) is 53.4 Å². The van der Waals surface area contributed by atoms with Crippen LogP contribution in [0.2, 0.25) is 0 Å². The minimum absolute atomic E-state index is 0.211. The Morgan fingerprint density at radius 2 is 1.94 bits per heavy atom. The summed E-state index contributed by atoms with van der Waals surface area (Å²) >= 11 is 0. The van der Waals surface area contributed by atoms with Gasteiger partial charge in [0.1, 0.15) is 6.29 Å². The fourth-order valence-electron chi connectivity index (χ4n) is 2.16. The summed E-state index contributed by atoms with van der Waals surface area (Å²) < 4.78 is 0. The number of unbranched alkanes of at least 4 members (excludes halogenated alkanes) is 1. The predicted octanol–water partition coefficient (Wildman–Crippen LogP) is 3.36. The van der Waals surface area contributed by atoms with Crippen LogP contribution in [0.15, 0.2) is 0 Å². The Bertz CT molecular complexity index is 189. The van der Waals surface area contributed by atoms with Gasteiger partial charge in [-0.25, -0.2) is 0 Å². The summed E-state index contributed by atoms with van der Waals surface area (Å²) in [4.78, 5) is 13.2. The van der Waals surface area contributed by atoms with Crippen molar-refractivity contribution in [1.82, 2.24) is 4.90 Å². The van der Waals surface area contributed by atoms with Gasteiger partial charge in [-0.15, -0.1) is 0 Å². The van der Waals surface area contributed by atoms with Crippen molar-refractivity contribution in [3.63, 3.8) is 0 Å². The Hall–Kier alpha value is -0.370. The first-order valence-electron chi connectivity index (χ1n) is 6.60. The van der Waals surface area contributed by atoms with Crippen molar-refractivity contribution in [3.05, 3.63) is 0 Å². The molecule has 16 heavy (non-hydrogen) atoms. The Kier molecular flexibility index (Phi) is 7.65. The van der Waals surface area contributed by atoms with Gasteiger partial charge in [0.15, 0.2) is 0 Å². The van der Waals surface area contributed by atoms with E-state index in [0.29, 0.717) is 0 Å². The van der Waals surface area contributed by atoms with E-state index < -0.39 is 0 Å². The molecule has 0 aliphatic heterocycles. The topological polar surface area (TPSA) is 20.3 Å². The second-order valence-electron chi connectivity index (χ2n) is 5.72. The van der Waals surface area contributed by atoms with Crippen LogP contribution >= 0.6 is 0 Å². The molecule has 0 rings (SSSR count). The number of hydrogen-bond acceptors (Lipinski definition) is 2. The first-order chi connectivity index (χ1) is 7.45. The Morgan fingerprint density at radius 3 is 2.38 bits per heavy atom. The van der Waals surface area contributed by atoms with E-state index >= 15 is 0 Å². The van der Waals surface area contributed by atoms with E-state index in [-0.39, 0.29) is 5.41 Å². The van der Waals surface area contributed by atoms with Gasteiger partial charge < -0.3 is 9.69 Å². The van der Waals surface area contributed by atoms with E-state index in [9.17, 15) is 4.79 Å². The molecule has 0 saturated carbocycles. The largest absolute Gasteiger partial charge is 0.305 e. The van der Waals surface area contributed by atoms with Crippen LogP contribution in [-0.2, 0) is 4.79 Å². The minimum atomic E-state index is -0.211. The zero-order valence-electron chi connectivity index (χ0n) is 11.8. The molecule has 0 saturated heterocycles. The summed E-state index contributed by atoms with van der Waals surface area (Å²) in [5, 5.41) is 0. The van der Waals surface area contributed by atoms with Crippen LogP contribution in [0, 0.1) is 11.3 Å². The molecule has 1 atom stereocenters. The van der Waals surface area contributed by atoms with Gasteiger partial charge in [0, 0.05) is 18.5 Å². The van der Waals surface area contributed by atoms with Gasteiger partial charge in [-0.2, -0.15) is 0 Å². The monoisotopic (exact) mass is 227 g/mol. The van der Waals surface area contributed by atoms with Gasteiger partial charge in [0.25, 0.3) is 0 Å². The number of carbonyl (C=O) groups is 1. The van der Waals surface area contributed by atoms with Crippen molar-refractivity contribution in [2.45, 2.75) is 53.4 Å². The van der Waals surface area contributed by atoms with E-state index in [1.165, 1.54) is 25.7 Å². The zero-order chi connectivity index (χ0) is 12.6. The van der Waals surface area contributed by atoms with Gasteiger partial charge in [0.2, 0.25) is 0 Å². The van der Waals surface area contributed by atoms with Crippen LogP contribution in [-0.4, -0.2) is 31.3 Å². The molecule has 0 fully saturated rings. The number of aldehydes is 1. The van der Waals surface area contributed by atoms with Crippen LogP contribution < -0.4 is 0 Å². The first-order valence-corrected chi connectivity index (χ1v) is 6.60. The van der Waals surface area contributed by atoms with Crippen LogP contribution in [0.4, 0.5) is 0 Å². The molecule has 0 aromatic rings. The van der Waals surface area contributed by atoms with Crippen molar-refractivity contribution >= 4 is 6.29 Å². The predicted molar refractivity (Wildman–Crippen MR) is 70.6 cm³/mol. The third kappa shape index (κ3) is 7.00. The van der Waals surface area contributed by atoms with E-state index in [1.54, 1.807) is 0 Å². The third-order valence-electron chi connectivity index (χ3n) is 3.11. The smallest absolute Gasteiger partial charge is 0.126 e. The van der Waals surface area contributed by atoms with Crippen molar-refractivity contribution in [1.29, 1.82) is 0 Å². The van der Waals surface area contributed by atoms with Gasteiger partial charge in [-0.1, -0.05) is 47.0 Å². The Balaban J connectivity index is 3.99. The van der Waals surface area contributed by atoms with Crippen molar-refractivity contribution < 1.29 is 4.79 Å². The zero-order valence-corrected chi connectivity index (χ0v) is 11.8. The highest BCUT2D eigenvalue weighted by Gasteiger charge is 2.20. The van der Waals surface area contributed by atoms with E-state index in [1.807, 2.05) is 13.8 Å². The summed E-state index contributed by atoms with van der Waals surface area (Å²) in [6, 6.07) is 0. The number of carbonyl (C=O) groups excluding carboxylic acids is 1. The highest BCUT2D eigenvalue weighted by molar-refractivity contribution is 5.58. The average molecular weight is 227 g/mol. The minimum Gasteiger partial charge on any atom is -0.305 e. The highest BCUT2D eigenvalue weighted by Crippen LogP contribution is 2.17. The van der Waals surface area contributed by atoms with Crippen LogP contribution in [0.5, 0.6) is 0 Å². The molecule has 96 valence electrons. The number of rotatable bonds is 9. The van der Waals surface area contributed by atoms with Crippen molar-refractivity contribution in [2.75, 3.05) is 20.1 Å². The molecule has 0 radical (unpaired) electrons. The molecule has 0 aromatic carbocycles. The summed E-state index contributed by atoms with van der Waals surface area (Å²) in [6.45, 7) is 10.5. The third-order valence-corrected chi connectivity index (χ3v) is 3.11. The molecule has 0 aliphatic rings. The summed E-state index contributed by atoms with van der Waals surface area (Å²) in [5.41, 5.74) is -0.211. The second kappa shape index (κ2) is 7.83. The van der Waals surface area contributed by atoms with Crippen LogP contribution in [0.3, 0.4) is 0 Å². The lowest BCUT2D eigenvalue weighted by molar-refractivity contribution is -0.115. The Morgan fingerprint density at radius 1 is 1.31 bits per heavy atom. The summed E-state index contributed by atoms with van der Waals surface area (Å²) in [7, 11) is 2.12. The quantitative estimate of drug-likeness (QED) is 0.563. The summed E-state index contributed by atoms with van der Waals surface area (Å²) in [5.74, 6) is 0.785. The lowest BCUT2D eigenvalue weighted by atomic mass is 9.93. The molecule has 2 nitrogen and oxygen atoms in total. The van der Waals surface area contributed by atoms with E-state index in [4.69, 9.17) is 0 Å². The standard InChI is InChI=1S/C14H29NO/c1-6-8-9-13(7-2)10-15(5)11-14(3,4)12-16/h12-13H,6-11H2,1-5H3. The maximum atomic E-state index is 10.9. The summed E-state index contributed by atoms with van der Waals surface area (Å²) in [6.07, 6.45) is 6.23. The SMILES string of the molecule is CCCCC(CC)CN(C)CC(C)(C)C=O.